The lowest BCUT2D eigenvalue weighted by Crippen LogP contribution is -2.06. The van der Waals surface area contributed by atoms with Crippen molar-refractivity contribution in [3.8, 4) is 17.2 Å². The predicted octanol–water partition coefficient (Wildman–Crippen LogP) is 4.33. The van der Waals surface area contributed by atoms with Gasteiger partial charge in [0.1, 0.15) is 5.69 Å². The Bertz CT molecular complexity index is 1010. The van der Waals surface area contributed by atoms with Crippen molar-refractivity contribution < 1.29 is 14.2 Å². The van der Waals surface area contributed by atoms with Gasteiger partial charge in [-0.15, -0.1) is 0 Å². The van der Waals surface area contributed by atoms with E-state index in [0.717, 1.165) is 28.2 Å². The molecular formula is C21H19N3O3. The zero-order chi connectivity index (χ0) is 18.8. The van der Waals surface area contributed by atoms with Gasteiger partial charge in [-0.1, -0.05) is 18.2 Å². The van der Waals surface area contributed by atoms with Crippen LogP contribution in [0, 0.1) is 0 Å². The van der Waals surface area contributed by atoms with Crippen LogP contribution in [0.25, 0.3) is 0 Å². The highest BCUT2D eigenvalue weighted by molar-refractivity contribution is 6.18. The standard InChI is InChI=1S/C21H19N3O3/c1-25-17-11-13(12-18(26-2)20(17)27-3)19-14-7-4-5-8-15(14)24-21-16(23-19)9-6-10-22-21/h4-12H,1-3H3,(H,22,24). The van der Waals surface area contributed by atoms with Crippen LogP contribution in [-0.2, 0) is 0 Å². The van der Waals surface area contributed by atoms with Crippen LogP contribution in [0.3, 0.4) is 0 Å². The molecule has 6 nitrogen and oxygen atoms in total. The van der Waals surface area contributed by atoms with Crippen molar-refractivity contribution in [1.29, 1.82) is 0 Å². The molecule has 0 saturated carbocycles. The molecule has 4 rings (SSSR count). The minimum Gasteiger partial charge on any atom is -0.493 e. The monoisotopic (exact) mass is 361 g/mol. The molecule has 1 N–H and O–H groups in total. The maximum atomic E-state index is 5.51. The fourth-order valence-corrected chi connectivity index (χ4v) is 3.13. The normalized spacial score (nSPS) is 12.0. The number of hydrogen-bond donors (Lipinski definition) is 1. The molecule has 1 aliphatic rings. The maximum absolute atomic E-state index is 5.51. The van der Waals surface area contributed by atoms with Gasteiger partial charge in [0.15, 0.2) is 17.3 Å². The first kappa shape index (κ1) is 16.9. The van der Waals surface area contributed by atoms with E-state index in [9.17, 15) is 0 Å². The highest BCUT2D eigenvalue weighted by Crippen LogP contribution is 2.41. The topological polar surface area (TPSA) is 65.0 Å². The summed E-state index contributed by atoms with van der Waals surface area (Å²) in [7, 11) is 4.79. The van der Waals surface area contributed by atoms with E-state index < -0.39 is 0 Å². The highest BCUT2D eigenvalue weighted by Gasteiger charge is 2.21. The Balaban J connectivity index is 1.98. The Morgan fingerprint density at radius 2 is 1.59 bits per heavy atom. The molecule has 3 aromatic rings. The van der Waals surface area contributed by atoms with Crippen LogP contribution in [0.15, 0.2) is 59.7 Å². The molecule has 0 bridgehead atoms. The molecule has 2 heterocycles. The van der Waals surface area contributed by atoms with E-state index in [1.165, 1.54) is 0 Å². The van der Waals surface area contributed by atoms with Crippen molar-refractivity contribution in [3.63, 3.8) is 0 Å². The summed E-state index contributed by atoms with van der Waals surface area (Å²) in [5, 5.41) is 3.37. The van der Waals surface area contributed by atoms with Crippen LogP contribution in [0.1, 0.15) is 11.1 Å². The van der Waals surface area contributed by atoms with Crippen LogP contribution in [0.5, 0.6) is 17.2 Å². The van der Waals surface area contributed by atoms with Crippen LogP contribution >= 0.6 is 0 Å². The number of rotatable bonds is 4. The minimum absolute atomic E-state index is 0.548. The van der Waals surface area contributed by atoms with Crippen LogP contribution in [-0.4, -0.2) is 32.0 Å². The van der Waals surface area contributed by atoms with Crippen molar-refractivity contribution in [2.75, 3.05) is 26.6 Å². The maximum Gasteiger partial charge on any atom is 0.203 e. The zero-order valence-corrected chi connectivity index (χ0v) is 15.3. The van der Waals surface area contributed by atoms with Crippen LogP contribution in [0.4, 0.5) is 17.2 Å². The summed E-state index contributed by atoms with van der Waals surface area (Å²) in [6.45, 7) is 0. The van der Waals surface area contributed by atoms with E-state index in [2.05, 4.69) is 10.3 Å². The molecule has 0 unspecified atom stereocenters. The van der Waals surface area contributed by atoms with E-state index in [-0.39, 0.29) is 0 Å². The molecule has 0 atom stereocenters. The summed E-state index contributed by atoms with van der Waals surface area (Å²) < 4.78 is 16.5. The van der Waals surface area contributed by atoms with Crippen molar-refractivity contribution in [3.05, 3.63) is 65.9 Å². The number of nitrogens with zero attached hydrogens (tertiary/aromatic N) is 2. The quantitative estimate of drug-likeness (QED) is 0.586. The molecule has 0 radical (unpaired) electrons. The zero-order valence-electron chi connectivity index (χ0n) is 15.3. The molecule has 1 aromatic heterocycles. The molecule has 0 aliphatic carbocycles. The third-order valence-electron chi connectivity index (χ3n) is 4.39. The lowest BCUT2D eigenvalue weighted by Gasteiger charge is -2.16. The fraction of sp³-hybridized carbons (Fsp3) is 0.143. The van der Waals surface area contributed by atoms with Gasteiger partial charge in [0.25, 0.3) is 0 Å². The number of anilines is 2. The molecule has 6 heteroatoms. The Morgan fingerprint density at radius 3 is 2.30 bits per heavy atom. The Labute approximate surface area is 157 Å². The number of hydrogen-bond acceptors (Lipinski definition) is 6. The van der Waals surface area contributed by atoms with Crippen LogP contribution < -0.4 is 19.5 Å². The average molecular weight is 361 g/mol. The van der Waals surface area contributed by atoms with E-state index in [0.29, 0.717) is 23.1 Å². The van der Waals surface area contributed by atoms with Crippen molar-refractivity contribution in [1.82, 2.24) is 4.98 Å². The lowest BCUT2D eigenvalue weighted by molar-refractivity contribution is 0.324. The van der Waals surface area contributed by atoms with E-state index in [4.69, 9.17) is 19.2 Å². The molecule has 0 spiro atoms. The number of benzene rings is 2. The number of aromatic nitrogens is 1. The van der Waals surface area contributed by atoms with Gasteiger partial charge in [0.05, 0.1) is 27.0 Å². The molecule has 27 heavy (non-hydrogen) atoms. The Morgan fingerprint density at radius 1 is 0.852 bits per heavy atom. The Kier molecular flexibility index (Phi) is 4.38. The molecule has 2 aromatic carbocycles. The highest BCUT2D eigenvalue weighted by atomic mass is 16.5. The molecular weight excluding hydrogens is 342 g/mol. The summed E-state index contributed by atoms with van der Waals surface area (Å²) >= 11 is 0. The second kappa shape index (κ2) is 6.99. The molecule has 1 aliphatic heterocycles. The summed E-state index contributed by atoms with van der Waals surface area (Å²) in [5.41, 5.74) is 4.31. The first-order valence-electron chi connectivity index (χ1n) is 8.45. The van der Waals surface area contributed by atoms with Gasteiger partial charge in [0.2, 0.25) is 5.75 Å². The molecule has 0 fully saturated rings. The van der Waals surface area contributed by atoms with Gasteiger partial charge >= 0.3 is 0 Å². The van der Waals surface area contributed by atoms with Gasteiger partial charge < -0.3 is 19.5 Å². The van der Waals surface area contributed by atoms with Gasteiger partial charge in [-0.25, -0.2) is 9.98 Å². The number of ether oxygens (including phenoxy) is 3. The summed E-state index contributed by atoms with van der Waals surface area (Å²) in [5.74, 6) is 2.42. The van der Waals surface area contributed by atoms with Crippen molar-refractivity contribution in [2.45, 2.75) is 0 Å². The summed E-state index contributed by atoms with van der Waals surface area (Å²) in [6, 6.07) is 15.6. The largest absolute Gasteiger partial charge is 0.493 e. The van der Waals surface area contributed by atoms with Gasteiger partial charge in [-0.2, -0.15) is 0 Å². The third kappa shape index (κ3) is 2.95. The number of pyridine rings is 1. The van der Waals surface area contributed by atoms with E-state index in [1.54, 1.807) is 27.5 Å². The van der Waals surface area contributed by atoms with Gasteiger partial charge in [-0.3, -0.25) is 0 Å². The van der Waals surface area contributed by atoms with E-state index >= 15 is 0 Å². The number of fused-ring (bicyclic) bond motifs is 2. The van der Waals surface area contributed by atoms with Crippen molar-refractivity contribution >= 4 is 22.9 Å². The van der Waals surface area contributed by atoms with Gasteiger partial charge in [-0.05, 0) is 30.3 Å². The summed E-state index contributed by atoms with van der Waals surface area (Å²) in [4.78, 5) is 9.31. The molecule has 0 amide bonds. The number of aliphatic imine (C=N–C) groups is 1. The average Bonchev–Trinajstić information content (AvgIpc) is 2.89. The first-order valence-corrected chi connectivity index (χ1v) is 8.45. The number of methoxy groups -OCH3 is 3. The van der Waals surface area contributed by atoms with E-state index in [1.807, 2.05) is 48.5 Å². The smallest absolute Gasteiger partial charge is 0.203 e. The number of nitrogens with one attached hydrogen (secondary N) is 1. The molecule has 136 valence electrons. The first-order chi connectivity index (χ1) is 13.2. The third-order valence-corrected chi connectivity index (χ3v) is 4.39. The lowest BCUT2D eigenvalue weighted by atomic mass is 9.99. The molecule has 0 saturated heterocycles. The second-order valence-corrected chi connectivity index (χ2v) is 5.92. The van der Waals surface area contributed by atoms with Crippen LogP contribution in [0.2, 0.25) is 0 Å². The fourth-order valence-electron chi connectivity index (χ4n) is 3.13. The number of para-hydroxylation sites is 1. The van der Waals surface area contributed by atoms with Crippen molar-refractivity contribution in [2.24, 2.45) is 4.99 Å². The minimum atomic E-state index is 0.548. The second-order valence-electron chi connectivity index (χ2n) is 5.92. The Hall–Kier alpha value is -3.54. The predicted molar refractivity (Wildman–Crippen MR) is 105 cm³/mol. The van der Waals surface area contributed by atoms with Gasteiger partial charge in [0, 0.05) is 23.0 Å². The summed E-state index contributed by atoms with van der Waals surface area (Å²) in [6.07, 6.45) is 1.74. The SMILES string of the molecule is COc1cc(C2=Nc3cccnc3Nc3ccccc32)cc(OC)c1OC.